The van der Waals surface area contributed by atoms with Crippen LogP contribution in [0.1, 0.15) is 0 Å². The molecule has 3 rings (SSSR count). The number of hydrogen-bond donors (Lipinski definition) is 1. The van der Waals surface area contributed by atoms with E-state index in [1.54, 1.807) is 6.20 Å². The number of rotatable bonds is 2. The van der Waals surface area contributed by atoms with E-state index in [9.17, 15) is 0 Å². The summed E-state index contributed by atoms with van der Waals surface area (Å²) in [5, 5.41) is 3.78. The summed E-state index contributed by atoms with van der Waals surface area (Å²) in [5.41, 5.74) is 2.71. The maximum atomic E-state index is 5.89. The summed E-state index contributed by atoms with van der Waals surface area (Å²) in [6.07, 6.45) is 5.60. The van der Waals surface area contributed by atoms with Crippen LogP contribution >= 0.6 is 11.6 Å². The Bertz CT molecular complexity index is 688. The molecule has 0 bridgehead atoms. The average molecular weight is 259 g/mol. The van der Waals surface area contributed by atoms with Crippen LogP contribution in [-0.4, -0.2) is 21.4 Å². The molecule has 5 heteroatoms. The average Bonchev–Trinajstić information content (AvgIpc) is 2.86. The minimum Gasteiger partial charge on any atom is -0.370 e. The van der Waals surface area contributed by atoms with Gasteiger partial charge >= 0.3 is 0 Å². The van der Waals surface area contributed by atoms with Crippen LogP contribution in [0.5, 0.6) is 0 Å². The number of fused-ring (bicyclic) bond motifs is 1. The number of nitrogens with zero attached hydrogens (tertiary/aromatic N) is 3. The van der Waals surface area contributed by atoms with Crippen molar-refractivity contribution in [2.45, 2.75) is 0 Å². The first-order chi connectivity index (χ1) is 8.78. The van der Waals surface area contributed by atoms with Crippen LogP contribution in [0.4, 0.5) is 5.82 Å². The largest absolute Gasteiger partial charge is 0.370 e. The van der Waals surface area contributed by atoms with Crippen molar-refractivity contribution < 1.29 is 0 Å². The van der Waals surface area contributed by atoms with Crippen LogP contribution < -0.4 is 5.32 Å². The summed E-state index contributed by atoms with van der Waals surface area (Å²) in [6.45, 7) is 0. The van der Waals surface area contributed by atoms with Gasteiger partial charge in [-0.3, -0.25) is 0 Å². The van der Waals surface area contributed by atoms with Crippen molar-refractivity contribution in [1.82, 2.24) is 14.4 Å². The summed E-state index contributed by atoms with van der Waals surface area (Å²) in [6, 6.07) is 7.62. The Kier molecular flexibility index (Phi) is 2.64. The third kappa shape index (κ3) is 1.80. The predicted molar refractivity (Wildman–Crippen MR) is 73.0 cm³/mol. The highest BCUT2D eigenvalue weighted by molar-refractivity contribution is 6.30. The highest BCUT2D eigenvalue weighted by atomic mass is 35.5. The first kappa shape index (κ1) is 11.0. The highest BCUT2D eigenvalue weighted by Gasteiger charge is 2.07. The Morgan fingerprint density at radius 2 is 2.00 bits per heavy atom. The lowest BCUT2D eigenvalue weighted by Crippen LogP contribution is -1.99. The number of aromatic nitrogens is 3. The van der Waals surface area contributed by atoms with Crippen molar-refractivity contribution >= 4 is 23.1 Å². The molecule has 0 aliphatic heterocycles. The van der Waals surface area contributed by atoms with Gasteiger partial charge in [0.2, 0.25) is 0 Å². The molecule has 2 aromatic heterocycles. The van der Waals surface area contributed by atoms with Gasteiger partial charge in [-0.15, -0.1) is 0 Å². The Balaban J connectivity index is 2.19. The van der Waals surface area contributed by atoms with Crippen molar-refractivity contribution in [2.24, 2.45) is 0 Å². The molecular weight excluding hydrogens is 248 g/mol. The fourth-order valence-electron chi connectivity index (χ4n) is 1.86. The lowest BCUT2D eigenvalue weighted by Gasteiger charge is -2.07. The van der Waals surface area contributed by atoms with E-state index in [0.717, 1.165) is 27.7 Å². The maximum Gasteiger partial charge on any atom is 0.180 e. The molecule has 0 aliphatic rings. The summed E-state index contributed by atoms with van der Waals surface area (Å²) < 4.78 is 1.95. The fourth-order valence-corrected chi connectivity index (χ4v) is 1.99. The van der Waals surface area contributed by atoms with E-state index in [1.165, 1.54) is 0 Å². The second-order valence-corrected chi connectivity index (χ2v) is 4.33. The Morgan fingerprint density at radius 1 is 1.22 bits per heavy atom. The number of nitrogens with one attached hydrogen (secondary N) is 1. The van der Waals surface area contributed by atoms with E-state index in [1.807, 2.05) is 48.1 Å². The van der Waals surface area contributed by atoms with E-state index in [2.05, 4.69) is 15.3 Å². The number of benzene rings is 1. The number of imidazole rings is 1. The SMILES string of the molecule is CNc1nc(-c2ccc(Cl)cc2)cn2ccnc12. The summed E-state index contributed by atoms with van der Waals surface area (Å²) in [4.78, 5) is 8.81. The van der Waals surface area contributed by atoms with Crippen molar-refractivity contribution in [1.29, 1.82) is 0 Å². The van der Waals surface area contributed by atoms with E-state index in [4.69, 9.17) is 11.6 Å². The van der Waals surface area contributed by atoms with Gasteiger partial charge in [0.15, 0.2) is 11.5 Å². The molecule has 4 nitrogen and oxygen atoms in total. The van der Waals surface area contributed by atoms with Crippen molar-refractivity contribution in [3.63, 3.8) is 0 Å². The Hall–Kier alpha value is -2.07. The van der Waals surface area contributed by atoms with Crippen LogP contribution in [0, 0.1) is 0 Å². The first-order valence-corrected chi connectivity index (χ1v) is 5.93. The zero-order valence-electron chi connectivity index (χ0n) is 9.76. The molecule has 0 unspecified atom stereocenters. The molecule has 1 aromatic carbocycles. The third-order valence-corrected chi connectivity index (χ3v) is 3.00. The Labute approximate surface area is 109 Å². The topological polar surface area (TPSA) is 42.2 Å². The number of halogens is 1. The normalized spacial score (nSPS) is 10.8. The smallest absolute Gasteiger partial charge is 0.180 e. The molecule has 3 aromatic rings. The minimum atomic E-state index is 0.719. The van der Waals surface area contributed by atoms with Gasteiger partial charge in [0, 0.05) is 36.2 Å². The molecule has 0 fully saturated rings. The summed E-state index contributed by atoms with van der Waals surface area (Å²) in [5.74, 6) is 0.757. The monoisotopic (exact) mass is 258 g/mol. The van der Waals surface area contributed by atoms with Crippen LogP contribution in [0.3, 0.4) is 0 Å². The summed E-state index contributed by atoms with van der Waals surface area (Å²) >= 11 is 5.89. The van der Waals surface area contributed by atoms with Gasteiger partial charge in [-0.25, -0.2) is 9.97 Å². The first-order valence-electron chi connectivity index (χ1n) is 5.55. The van der Waals surface area contributed by atoms with Gasteiger partial charge < -0.3 is 9.72 Å². The molecule has 1 N–H and O–H groups in total. The zero-order chi connectivity index (χ0) is 12.5. The molecule has 0 aliphatic carbocycles. The quantitative estimate of drug-likeness (QED) is 0.768. The molecule has 0 amide bonds. The molecular formula is C13H11ClN4. The van der Waals surface area contributed by atoms with E-state index < -0.39 is 0 Å². The minimum absolute atomic E-state index is 0.719. The van der Waals surface area contributed by atoms with Crippen LogP contribution in [0.2, 0.25) is 5.02 Å². The van der Waals surface area contributed by atoms with Crippen LogP contribution in [0.25, 0.3) is 16.9 Å². The lowest BCUT2D eigenvalue weighted by atomic mass is 10.2. The van der Waals surface area contributed by atoms with E-state index in [-0.39, 0.29) is 0 Å². The molecule has 0 atom stereocenters. The van der Waals surface area contributed by atoms with Gasteiger partial charge in [0.05, 0.1) is 5.69 Å². The molecule has 90 valence electrons. The van der Waals surface area contributed by atoms with Gasteiger partial charge in [0.1, 0.15) is 0 Å². The number of hydrogen-bond acceptors (Lipinski definition) is 3. The second kappa shape index (κ2) is 4.31. The molecule has 0 saturated carbocycles. The fraction of sp³-hybridized carbons (Fsp3) is 0.0769. The zero-order valence-corrected chi connectivity index (χ0v) is 10.5. The van der Waals surface area contributed by atoms with Crippen molar-refractivity contribution in [3.8, 4) is 11.3 Å². The predicted octanol–water partition coefficient (Wildman–Crippen LogP) is 3.09. The van der Waals surface area contributed by atoms with Crippen molar-refractivity contribution in [2.75, 3.05) is 12.4 Å². The molecule has 2 heterocycles. The third-order valence-electron chi connectivity index (χ3n) is 2.75. The van der Waals surface area contributed by atoms with Gasteiger partial charge in [-0.05, 0) is 12.1 Å². The van der Waals surface area contributed by atoms with E-state index in [0.29, 0.717) is 0 Å². The van der Waals surface area contributed by atoms with E-state index >= 15 is 0 Å². The standard InChI is InChI=1S/C13H11ClN4/c1-15-12-13-16-6-7-18(13)8-11(17-12)9-2-4-10(14)5-3-9/h2-8H,1H3,(H,15,17). The van der Waals surface area contributed by atoms with Crippen molar-refractivity contribution in [3.05, 3.63) is 47.9 Å². The van der Waals surface area contributed by atoms with Crippen LogP contribution in [-0.2, 0) is 0 Å². The molecule has 18 heavy (non-hydrogen) atoms. The van der Waals surface area contributed by atoms with Gasteiger partial charge in [-0.1, -0.05) is 23.7 Å². The number of anilines is 1. The van der Waals surface area contributed by atoms with Gasteiger partial charge in [-0.2, -0.15) is 0 Å². The van der Waals surface area contributed by atoms with Crippen LogP contribution in [0.15, 0.2) is 42.9 Å². The summed E-state index contributed by atoms with van der Waals surface area (Å²) in [7, 11) is 1.84. The Morgan fingerprint density at radius 3 is 2.72 bits per heavy atom. The molecule has 0 radical (unpaired) electrons. The van der Waals surface area contributed by atoms with Gasteiger partial charge in [0.25, 0.3) is 0 Å². The molecule has 0 saturated heterocycles. The highest BCUT2D eigenvalue weighted by Crippen LogP contribution is 2.23. The maximum absolute atomic E-state index is 5.89. The molecule has 0 spiro atoms. The second-order valence-electron chi connectivity index (χ2n) is 3.89. The lowest BCUT2D eigenvalue weighted by molar-refractivity contribution is 1.13.